The quantitative estimate of drug-likeness (QED) is 0.805. The van der Waals surface area contributed by atoms with Crippen LogP contribution in [-0.4, -0.2) is 26.7 Å². The van der Waals surface area contributed by atoms with E-state index >= 15 is 0 Å². The number of rotatable bonds is 7. The summed E-state index contributed by atoms with van der Waals surface area (Å²) in [6.07, 6.45) is 1.22. The predicted octanol–water partition coefficient (Wildman–Crippen LogP) is 3.43. The van der Waals surface area contributed by atoms with E-state index in [4.69, 9.17) is 4.74 Å². The van der Waals surface area contributed by atoms with E-state index in [0.29, 0.717) is 12.2 Å². The molecule has 0 aliphatic rings. The van der Waals surface area contributed by atoms with Crippen molar-refractivity contribution in [1.82, 2.24) is 5.32 Å². The van der Waals surface area contributed by atoms with Gasteiger partial charge < -0.3 is 10.1 Å². The largest absolute Gasteiger partial charge is 0.481 e. The molecule has 0 unspecified atom stereocenters. The van der Waals surface area contributed by atoms with E-state index in [9.17, 15) is 13.2 Å². The molecule has 2 aromatic rings. The molecule has 0 fully saturated rings. The van der Waals surface area contributed by atoms with Crippen LogP contribution < -0.4 is 10.1 Å². The van der Waals surface area contributed by atoms with Gasteiger partial charge in [-0.15, -0.1) is 0 Å². The minimum atomic E-state index is -3.23. The summed E-state index contributed by atoms with van der Waals surface area (Å²) in [6.45, 7) is 5.60. The molecule has 0 aliphatic carbocycles. The van der Waals surface area contributed by atoms with Crippen LogP contribution in [0.15, 0.2) is 53.4 Å². The monoisotopic (exact) mass is 375 g/mol. The van der Waals surface area contributed by atoms with E-state index in [0.717, 1.165) is 11.1 Å². The van der Waals surface area contributed by atoms with Gasteiger partial charge >= 0.3 is 0 Å². The molecule has 140 valence electrons. The molecule has 0 spiro atoms. The van der Waals surface area contributed by atoms with Gasteiger partial charge in [0.25, 0.3) is 5.91 Å². The number of amides is 1. The van der Waals surface area contributed by atoms with Crippen molar-refractivity contribution in [2.75, 3.05) is 6.26 Å². The Bertz CT molecular complexity index is 860. The van der Waals surface area contributed by atoms with E-state index in [1.165, 1.54) is 6.26 Å². The first kappa shape index (κ1) is 20.0. The van der Waals surface area contributed by atoms with Crippen LogP contribution in [0, 0.1) is 6.92 Å². The molecule has 0 saturated heterocycles. The Morgan fingerprint density at radius 2 is 1.73 bits per heavy atom. The second-order valence-electron chi connectivity index (χ2n) is 6.34. The number of para-hydroxylation sites is 1. The maximum Gasteiger partial charge on any atom is 0.261 e. The van der Waals surface area contributed by atoms with E-state index < -0.39 is 15.9 Å². The van der Waals surface area contributed by atoms with Crippen molar-refractivity contribution in [2.24, 2.45) is 0 Å². The number of hydrogen-bond acceptors (Lipinski definition) is 4. The Hall–Kier alpha value is -2.34. The molecule has 1 amide bonds. The number of hydrogen-bond donors (Lipinski definition) is 1. The number of aryl methyl sites for hydroxylation is 1. The van der Waals surface area contributed by atoms with Crippen molar-refractivity contribution in [2.45, 2.75) is 44.2 Å². The molecule has 5 nitrogen and oxygen atoms in total. The van der Waals surface area contributed by atoms with Crippen molar-refractivity contribution in [3.63, 3.8) is 0 Å². The third kappa shape index (κ3) is 5.08. The zero-order valence-corrected chi connectivity index (χ0v) is 16.3. The Balaban J connectivity index is 2.06. The molecule has 0 heterocycles. The number of nitrogens with one attached hydrogen (secondary N) is 1. The van der Waals surface area contributed by atoms with Crippen molar-refractivity contribution in [3.05, 3.63) is 59.7 Å². The van der Waals surface area contributed by atoms with E-state index in [1.54, 1.807) is 31.2 Å². The van der Waals surface area contributed by atoms with Crippen molar-refractivity contribution < 1.29 is 17.9 Å². The fourth-order valence-electron chi connectivity index (χ4n) is 2.59. The van der Waals surface area contributed by atoms with Crippen LogP contribution >= 0.6 is 0 Å². The van der Waals surface area contributed by atoms with Crippen molar-refractivity contribution >= 4 is 15.7 Å². The van der Waals surface area contributed by atoms with Crippen LogP contribution in [0.5, 0.6) is 5.75 Å². The van der Waals surface area contributed by atoms with Gasteiger partial charge in [0, 0.05) is 6.26 Å². The summed E-state index contributed by atoms with van der Waals surface area (Å²) in [5.41, 5.74) is 1.83. The molecular weight excluding hydrogens is 350 g/mol. The zero-order valence-electron chi connectivity index (χ0n) is 15.5. The fourth-order valence-corrected chi connectivity index (χ4v) is 3.22. The number of carbonyl (C=O) groups excluding carboxylic acids is 1. The van der Waals surface area contributed by atoms with Gasteiger partial charge in [0.15, 0.2) is 15.9 Å². The fraction of sp³-hybridized carbons (Fsp3) is 0.350. The summed E-state index contributed by atoms with van der Waals surface area (Å²) in [5.74, 6) is 0.466. The SMILES string of the molecule is CC[C@H](NC(=O)[C@@H](C)Oc1ccccc1C)c1ccc(S(C)(=O)=O)cc1. The van der Waals surface area contributed by atoms with Crippen LogP contribution in [0.3, 0.4) is 0 Å². The molecule has 0 saturated carbocycles. The lowest BCUT2D eigenvalue weighted by molar-refractivity contribution is -0.128. The second kappa shape index (κ2) is 8.36. The molecule has 2 aromatic carbocycles. The third-order valence-corrected chi connectivity index (χ3v) is 5.33. The summed E-state index contributed by atoms with van der Waals surface area (Å²) in [6, 6.07) is 13.9. The van der Waals surface area contributed by atoms with Gasteiger partial charge in [0.05, 0.1) is 10.9 Å². The Morgan fingerprint density at radius 1 is 1.12 bits per heavy atom. The zero-order chi connectivity index (χ0) is 19.3. The maximum atomic E-state index is 12.5. The van der Waals surface area contributed by atoms with Gasteiger partial charge in [-0.25, -0.2) is 8.42 Å². The average molecular weight is 375 g/mol. The number of benzene rings is 2. The molecule has 2 rings (SSSR count). The van der Waals surface area contributed by atoms with Gasteiger partial charge in [-0.2, -0.15) is 0 Å². The second-order valence-corrected chi connectivity index (χ2v) is 8.35. The molecule has 26 heavy (non-hydrogen) atoms. The summed E-state index contributed by atoms with van der Waals surface area (Å²) in [7, 11) is -3.23. The van der Waals surface area contributed by atoms with Crippen molar-refractivity contribution in [1.29, 1.82) is 0 Å². The molecule has 0 aromatic heterocycles. The van der Waals surface area contributed by atoms with Gasteiger partial charge in [0.2, 0.25) is 0 Å². The Kier molecular flexibility index (Phi) is 6.42. The van der Waals surface area contributed by atoms with E-state index in [-0.39, 0.29) is 16.8 Å². The Labute approximate surface area is 155 Å². The highest BCUT2D eigenvalue weighted by atomic mass is 32.2. The highest BCUT2D eigenvalue weighted by Crippen LogP contribution is 2.21. The van der Waals surface area contributed by atoms with Gasteiger partial charge in [-0.05, 0) is 49.6 Å². The molecule has 1 N–H and O–H groups in total. The van der Waals surface area contributed by atoms with Gasteiger partial charge in [0.1, 0.15) is 5.75 Å². The topological polar surface area (TPSA) is 72.5 Å². The predicted molar refractivity (Wildman–Crippen MR) is 102 cm³/mol. The van der Waals surface area contributed by atoms with Crippen LogP contribution in [0.4, 0.5) is 0 Å². The van der Waals surface area contributed by atoms with E-state index in [1.807, 2.05) is 38.1 Å². The standard InChI is InChI=1S/C20H25NO4S/c1-5-18(16-10-12-17(13-11-16)26(4,23)24)21-20(22)15(3)25-19-9-7-6-8-14(19)2/h6-13,15,18H,5H2,1-4H3,(H,21,22)/t15-,18+/m1/s1. The molecule has 0 aliphatic heterocycles. The first-order valence-corrected chi connectivity index (χ1v) is 10.4. The summed E-state index contributed by atoms with van der Waals surface area (Å²) in [4.78, 5) is 12.8. The lowest BCUT2D eigenvalue weighted by Gasteiger charge is -2.21. The first-order chi connectivity index (χ1) is 12.2. The molecular formula is C20H25NO4S. The van der Waals surface area contributed by atoms with Gasteiger partial charge in [-0.3, -0.25) is 4.79 Å². The van der Waals surface area contributed by atoms with Crippen LogP contribution in [0.2, 0.25) is 0 Å². The smallest absolute Gasteiger partial charge is 0.261 e. The minimum Gasteiger partial charge on any atom is -0.481 e. The third-order valence-electron chi connectivity index (χ3n) is 4.20. The normalized spacial score (nSPS) is 13.7. The highest BCUT2D eigenvalue weighted by Gasteiger charge is 2.20. The minimum absolute atomic E-state index is 0.209. The molecule has 0 bridgehead atoms. The number of sulfone groups is 1. The number of carbonyl (C=O) groups is 1. The highest BCUT2D eigenvalue weighted by molar-refractivity contribution is 7.90. The Morgan fingerprint density at radius 3 is 2.27 bits per heavy atom. The summed E-state index contributed by atoms with van der Waals surface area (Å²) in [5, 5.41) is 2.97. The summed E-state index contributed by atoms with van der Waals surface area (Å²) < 4.78 is 28.9. The molecule has 0 radical (unpaired) electrons. The average Bonchev–Trinajstić information content (AvgIpc) is 2.60. The van der Waals surface area contributed by atoms with Crippen LogP contribution in [-0.2, 0) is 14.6 Å². The molecule has 6 heteroatoms. The molecule has 2 atom stereocenters. The van der Waals surface area contributed by atoms with Crippen LogP contribution in [0.25, 0.3) is 0 Å². The maximum absolute atomic E-state index is 12.5. The van der Waals surface area contributed by atoms with E-state index in [2.05, 4.69) is 5.32 Å². The lowest BCUT2D eigenvalue weighted by Crippen LogP contribution is -2.38. The van der Waals surface area contributed by atoms with Crippen LogP contribution in [0.1, 0.15) is 37.4 Å². The lowest BCUT2D eigenvalue weighted by atomic mass is 10.0. The first-order valence-electron chi connectivity index (χ1n) is 8.55. The number of ether oxygens (including phenoxy) is 1. The van der Waals surface area contributed by atoms with Crippen molar-refractivity contribution in [3.8, 4) is 5.75 Å². The van der Waals surface area contributed by atoms with Gasteiger partial charge in [-0.1, -0.05) is 37.3 Å². The summed E-state index contributed by atoms with van der Waals surface area (Å²) >= 11 is 0.